The van der Waals surface area contributed by atoms with Crippen LogP contribution in [0, 0.1) is 11.8 Å². The maximum Gasteiger partial charge on any atom is 0.293 e. The summed E-state index contributed by atoms with van der Waals surface area (Å²) in [7, 11) is 0. The van der Waals surface area contributed by atoms with Crippen molar-refractivity contribution in [3.63, 3.8) is 0 Å². The highest BCUT2D eigenvalue weighted by Crippen LogP contribution is 1.91. The Kier molecular flexibility index (Phi) is 3.74. The van der Waals surface area contributed by atoms with Gasteiger partial charge in [-0.25, -0.2) is 4.98 Å². The molecule has 0 spiro atoms. The van der Waals surface area contributed by atoms with E-state index in [0.717, 1.165) is 0 Å². The lowest BCUT2D eigenvalue weighted by atomic mass is 10.5. The van der Waals surface area contributed by atoms with E-state index in [-0.39, 0.29) is 5.56 Å². The van der Waals surface area contributed by atoms with Crippen LogP contribution < -0.4 is 10.9 Å². The summed E-state index contributed by atoms with van der Waals surface area (Å²) in [4.78, 5) is 15.5. The number of hydrogen-bond donors (Lipinski definition) is 1. The summed E-state index contributed by atoms with van der Waals surface area (Å²) in [6.45, 7) is 4.77. The van der Waals surface area contributed by atoms with E-state index in [4.69, 9.17) is 0 Å². The number of nitrogens with zero attached hydrogens (tertiary/aromatic N) is 2. The molecule has 1 N–H and O–H groups in total. The van der Waals surface area contributed by atoms with E-state index in [1.807, 2.05) is 6.92 Å². The predicted molar refractivity (Wildman–Crippen MR) is 56.1 cm³/mol. The maximum atomic E-state index is 11.6. The topological polar surface area (TPSA) is 46.9 Å². The van der Waals surface area contributed by atoms with E-state index in [2.05, 4.69) is 22.1 Å². The minimum Gasteiger partial charge on any atom is -0.355 e. The van der Waals surface area contributed by atoms with E-state index < -0.39 is 0 Å². The van der Waals surface area contributed by atoms with Gasteiger partial charge >= 0.3 is 0 Å². The second-order valence-electron chi connectivity index (χ2n) is 2.65. The van der Waals surface area contributed by atoms with Crippen molar-refractivity contribution in [1.29, 1.82) is 0 Å². The van der Waals surface area contributed by atoms with Crippen molar-refractivity contribution in [2.45, 2.75) is 20.4 Å². The Hall–Kier alpha value is -1.76. The third-order valence-corrected chi connectivity index (χ3v) is 1.78. The molecule has 0 aliphatic carbocycles. The van der Waals surface area contributed by atoms with Crippen LogP contribution >= 0.6 is 0 Å². The van der Waals surface area contributed by atoms with E-state index in [1.54, 1.807) is 23.9 Å². The molecule has 0 aliphatic heterocycles. The van der Waals surface area contributed by atoms with Gasteiger partial charge in [0.05, 0.1) is 6.54 Å². The van der Waals surface area contributed by atoms with Crippen LogP contribution in [0.15, 0.2) is 17.2 Å². The first-order chi connectivity index (χ1) is 6.79. The summed E-state index contributed by atoms with van der Waals surface area (Å²) < 4.78 is 1.59. The van der Waals surface area contributed by atoms with Crippen molar-refractivity contribution >= 4 is 5.82 Å². The minimum atomic E-state index is -0.104. The number of aromatic nitrogens is 2. The molecule has 0 amide bonds. The molecule has 0 bridgehead atoms. The van der Waals surface area contributed by atoms with Gasteiger partial charge in [0.15, 0.2) is 5.82 Å². The Morgan fingerprint density at radius 2 is 2.43 bits per heavy atom. The second-order valence-corrected chi connectivity index (χ2v) is 2.65. The molecule has 14 heavy (non-hydrogen) atoms. The quantitative estimate of drug-likeness (QED) is 0.715. The van der Waals surface area contributed by atoms with Crippen LogP contribution in [0.4, 0.5) is 5.82 Å². The Morgan fingerprint density at radius 3 is 3.07 bits per heavy atom. The predicted octanol–water partition coefficient (Wildman–Crippen LogP) is 0.698. The molecule has 0 atom stereocenters. The van der Waals surface area contributed by atoms with Gasteiger partial charge in [-0.1, -0.05) is 5.92 Å². The molecule has 74 valence electrons. The molecule has 0 aromatic carbocycles. The monoisotopic (exact) mass is 191 g/mol. The maximum absolute atomic E-state index is 11.6. The largest absolute Gasteiger partial charge is 0.355 e. The van der Waals surface area contributed by atoms with Gasteiger partial charge in [0, 0.05) is 18.9 Å². The standard InChI is InChI=1S/C10H13N3O/c1-3-5-6-11-9-10(14)13(4-2)8-7-12-9/h7-8H,4,6H2,1-2H3,(H,11,12). The summed E-state index contributed by atoms with van der Waals surface area (Å²) in [6.07, 6.45) is 3.27. The van der Waals surface area contributed by atoms with E-state index in [1.165, 1.54) is 0 Å². The number of hydrogen-bond acceptors (Lipinski definition) is 3. The molecule has 0 fully saturated rings. The molecular weight excluding hydrogens is 178 g/mol. The Morgan fingerprint density at radius 1 is 1.64 bits per heavy atom. The highest BCUT2D eigenvalue weighted by molar-refractivity contribution is 5.32. The molecule has 0 unspecified atom stereocenters. The average molecular weight is 191 g/mol. The van der Waals surface area contributed by atoms with E-state index in [9.17, 15) is 4.79 Å². The van der Waals surface area contributed by atoms with Crippen molar-refractivity contribution in [1.82, 2.24) is 9.55 Å². The number of nitrogens with one attached hydrogen (secondary N) is 1. The summed E-state index contributed by atoms with van der Waals surface area (Å²) in [5, 5.41) is 2.87. The van der Waals surface area contributed by atoms with Gasteiger partial charge < -0.3 is 9.88 Å². The third kappa shape index (κ3) is 2.36. The fraction of sp³-hybridized carbons (Fsp3) is 0.400. The molecule has 1 aromatic heterocycles. The minimum absolute atomic E-state index is 0.104. The van der Waals surface area contributed by atoms with Crippen molar-refractivity contribution in [2.24, 2.45) is 0 Å². The van der Waals surface area contributed by atoms with E-state index >= 15 is 0 Å². The third-order valence-electron chi connectivity index (χ3n) is 1.78. The highest BCUT2D eigenvalue weighted by atomic mass is 16.1. The zero-order chi connectivity index (χ0) is 10.4. The van der Waals surface area contributed by atoms with Crippen LogP contribution in [0.25, 0.3) is 0 Å². The molecule has 0 aliphatic rings. The first-order valence-corrected chi connectivity index (χ1v) is 4.48. The Labute approximate surface area is 83.0 Å². The summed E-state index contributed by atoms with van der Waals surface area (Å²) in [5.74, 6) is 5.91. The van der Waals surface area contributed by atoms with Gasteiger partial charge in [0.2, 0.25) is 0 Å². The Balaban J connectivity index is 2.85. The molecule has 1 heterocycles. The number of aryl methyl sites for hydroxylation is 1. The zero-order valence-corrected chi connectivity index (χ0v) is 8.37. The first kappa shape index (κ1) is 10.3. The lowest BCUT2D eigenvalue weighted by molar-refractivity contribution is 0.719. The Bertz CT molecular complexity index is 411. The van der Waals surface area contributed by atoms with Crippen molar-refractivity contribution < 1.29 is 0 Å². The zero-order valence-electron chi connectivity index (χ0n) is 8.37. The fourth-order valence-electron chi connectivity index (χ4n) is 1.03. The second kappa shape index (κ2) is 5.07. The van der Waals surface area contributed by atoms with E-state index in [0.29, 0.717) is 18.9 Å². The molecule has 0 radical (unpaired) electrons. The average Bonchev–Trinajstić information content (AvgIpc) is 2.21. The normalized spacial score (nSPS) is 9.00. The summed E-state index contributed by atoms with van der Waals surface area (Å²) in [5.41, 5.74) is -0.104. The SMILES string of the molecule is CC#CCNc1nccn(CC)c1=O. The first-order valence-electron chi connectivity index (χ1n) is 4.48. The van der Waals surface area contributed by atoms with Crippen molar-refractivity contribution in [2.75, 3.05) is 11.9 Å². The molecule has 0 saturated heterocycles. The van der Waals surface area contributed by atoms with Crippen molar-refractivity contribution in [3.05, 3.63) is 22.7 Å². The molecular formula is C10H13N3O. The molecule has 1 aromatic rings. The summed E-state index contributed by atoms with van der Waals surface area (Å²) >= 11 is 0. The van der Waals surface area contributed by atoms with Gasteiger partial charge in [0.25, 0.3) is 5.56 Å². The van der Waals surface area contributed by atoms with Crippen LogP contribution in [-0.2, 0) is 6.54 Å². The smallest absolute Gasteiger partial charge is 0.293 e. The van der Waals surface area contributed by atoms with Gasteiger partial charge in [0.1, 0.15) is 0 Å². The van der Waals surface area contributed by atoms with Gasteiger partial charge in [-0.3, -0.25) is 4.79 Å². The van der Waals surface area contributed by atoms with Gasteiger partial charge in [-0.2, -0.15) is 0 Å². The lowest BCUT2D eigenvalue weighted by Crippen LogP contribution is -2.23. The van der Waals surface area contributed by atoms with Crippen LogP contribution in [0.1, 0.15) is 13.8 Å². The fourth-order valence-corrected chi connectivity index (χ4v) is 1.03. The molecule has 0 saturated carbocycles. The number of anilines is 1. The molecule has 1 rings (SSSR count). The lowest BCUT2D eigenvalue weighted by Gasteiger charge is -2.04. The van der Waals surface area contributed by atoms with Crippen molar-refractivity contribution in [3.8, 4) is 11.8 Å². The highest BCUT2D eigenvalue weighted by Gasteiger charge is 2.00. The van der Waals surface area contributed by atoms with Crippen LogP contribution in [0.3, 0.4) is 0 Å². The summed E-state index contributed by atoms with van der Waals surface area (Å²) in [6, 6.07) is 0. The molecule has 4 nitrogen and oxygen atoms in total. The van der Waals surface area contributed by atoms with Gasteiger partial charge in [-0.15, -0.1) is 5.92 Å². The van der Waals surface area contributed by atoms with Crippen LogP contribution in [-0.4, -0.2) is 16.1 Å². The van der Waals surface area contributed by atoms with Crippen LogP contribution in [0.5, 0.6) is 0 Å². The van der Waals surface area contributed by atoms with Crippen LogP contribution in [0.2, 0.25) is 0 Å². The number of rotatable bonds is 3. The molecule has 4 heteroatoms. The van der Waals surface area contributed by atoms with Gasteiger partial charge in [-0.05, 0) is 13.8 Å².